The summed E-state index contributed by atoms with van der Waals surface area (Å²) in [5.41, 5.74) is 2.96. The van der Waals surface area contributed by atoms with Crippen molar-refractivity contribution >= 4 is 16.8 Å². The number of nitrogens with one attached hydrogen (secondary N) is 2. The highest BCUT2D eigenvalue weighted by molar-refractivity contribution is 5.83. The second-order valence-electron chi connectivity index (χ2n) is 9.41. The van der Waals surface area contributed by atoms with Crippen LogP contribution in [-0.4, -0.2) is 17.4 Å². The van der Waals surface area contributed by atoms with E-state index in [1.807, 2.05) is 0 Å². The van der Waals surface area contributed by atoms with Gasteiger partial charge in [-0.25, -0.2) is 0 Å². The van der Waals surface area contributed by atoms with E-state index in [9.17, 15) is 4.79 Å². The third-order valence-corrected chi connectivity index (χ3v) is 7.35. The number of amides is 1. The first-order valence-electron chi connectivity index (χ1n) is 10.5. The molecule has 2 N–H and O–H groups in total. The summed E-state index contributed by atoms with van der Waals surface area (Å²) in [6, 6.07) is 8.41. The molecule has 4 fully saturated rings. The Morgan fingerprint density at radius 3 is 2.50 bits per heavy atom. The number of carbonyl (C=O) groups excluding carboxylic acids is 1. The first-order valence-corrected chi connectivity index (χ1v) is 10.5. The molecule has 4 aliphatic carbocycles. The molecule has 1 amide bonds. The molecule has 0 saturated heterocycles. The van der Waals surface area contributed by atoms with Crippen molar-refractivity contribution in [3.8, 4) is 0 Å². The van der Waals surface area contributed by atoms with Gasteiger partial charge in [-0.1, -0.05) is 18.2 Å². The van der Waals surface area contributed by atoms with Gasteiger partial charge in [-0.3, -0.25) is 4.79 Å². The third-order valence-electron chi connectivity index (χ3n) is 7.35. The van der Waals surface area contributed by atoms with Crippen LogP contribution in [0.4, 0.5) is 0 Å². The number of carbonyl (C=O) groups is 1. The van der Waals surface area contributed by atoms with Gasteiger partial charge in [-0.2, -0.15) is 0 Å². The fourth-order valence-electron chi connectivity index (χ4n) is 6.66. The van der Waals surface area contributed by atoms with Crippen LogP contribution in [0.25, 0.3) is 10.9 Å². The van der Waals surface area contributed by atoms with Gasteiger partial charge in [0.05, 0.1) is 0 Å². The van der Waals surface area contributed by atoms with Crippen LogP contribution in [0.3, 0.4) is 0 Å². The number of H-pyrrole nitrogens is 1. The summed E-state index contributed by atoms with van der Waals surface area (Å²) in [6.07, 6.45) is 13.2. The van der Waals surface area contributed by atoms with Crippen molar-refractivity contribution in [2.24, 2.45) is 23.2 Å². The molecule has 138 valence electrons. The lowest BCUT2D eigenvalue weighted by Gasteiger charge is -2.56. The monoisotopic (exact) mass is 350 g/mol. The Morgan fingerprint density at radius 1 is 1.08 bits per heavy atom. The van der Waals surface area contributed by atoms with Crippen LogP contribution >= 0.6 is 0 Å². The lowest BCUT2D eigenvalue weighted by molar-refractivity contribution is -0.123. The highest BCUT2D eigenvalue weighted by Gasteiger charge is 2.50. The van der Waals surface area contributed by atoms with Crippen LogP contribution in [0, 0.1) is 23.2 Å². The average molecular weight is 351 g/mol. The van der Waals surface area contributed by atoms with Crippen molar-refractivity contribution in [1.82, 2.24) is 10.3 Å². The number of fused-ring (bicyclic) bond motifs is 1. The van der Waals surface area contributed by atoms with Gasteiger partial charge in [0.1, 0.15) is 0 Å². The predicted molar refractivity (Wildman–Crippen MR) is 105 cm³/mol. The van der Waals surface area contributed by atoms with Crippen molar-refractivity contribution in [1.29, 1.82) is 0 Å². The zero-order chi connectivity index (χ0) is 17.6. The van der Waals surface area contributed by atoms with E-state index >= 15 is 0 Å². The Labute approximate surface area is 155 Å². The molecule has 1 aromatic heterocycles. The minimum Gasteiger partial charge on any atom is -0.361 e. The van der Waals surface area contributed by atoms with Crippen LogP contribution in [0.5, 0.6) is 0 Å². The fraction of sp³-hybridized carbons (Fsp3) is 0.609. The summed E-state index contributed by atoms with van der Waals surface area (Å²) in [4.78, 5) is 15.7. The zero-order valence-corrected chi connectivity index (χ0v) is 15.6. The number of aryl methyl sites for hydroxylation is 1. The number of aromatic nitrogens is 1. The standard InChI is InChI=1S/C23H30N2O/c26-22(7-3-4-19-14-24-21-6-2-1-5-20(19)21)25-15-23-11-16-8-17(12-23)10-18(9-16)13-23/h1-2,5-6,14,16-18,24H,3-4,7-13,15H2,(H,25,26). The van der Waals surface area contributed by atoms with Crippen molar-refractivity contribution in [2.45, 2.75) is 57.8 Å². The molecule has 4 saturated carbocycles. The molecule has 1 aromatic carbocycles. The van der Waals surface area contributed by atoms with E-state index in [-0.39, 0.29) is 5.91 Å². The molecule has 0 atom stereocenters. The van der Waals surface area contributed by atoms with Gasteiger partial charge in [-0.05, 0) is 86.2 Å². The highest BCUT2D eigenvalue weighted by Crippen LogP contribution is 2.59. The fourth-order valence-corrected chi connectivity index (χ4v) is 6.66. The van der Waals surface area contributed by atoms with E-state index in [0.717, 1.165) is 37.1 Å². The van der Waals surface area contributed by atoms with E-state index in [1.165, 1.54) is 55.0 Å². The molecule has 0 spiro atoms. The van der Waals surface area contributed by atoms with Crippen LogP contribution in [0.1, 0.15) is 56.9 Å². The van der Waals surface area contributed by atoms with Crippen LogP contribution < -0.4 is 5.32 Å². The van der Waals surface area contributed by atoms with Crippen molar-refractivity contribution in [3.63, 3.8) is 0 Å². The summed E-state index contributed by atoms with van der Waals surface area (Å²) in [6.45, 7) is 0.933. The van der Waals surface area contributed by atoms with Crippen LogP contribution in [-0.2, 0) is 11.2 Å². The molecular weight excluding hydrogens is 320 g/mol. The summed E-state index contributed by atoms with van der Waals surface area (Å²) >= 11 is 0. The van der Waals surface area contributed by atoms with Gasteiger partial charge in [0.2, 0.25) is 5.91 Å². The first kappa shape index (κ1) is 16.4. The minimum atomic E-state index is 0.251. The van der Waals surface area contributed by atoms with Gasteiger partial charge in [0, 0.05) is 30.1 Å². The van der Waals surface area contributed by atoms with Gasteiger partial charge in [-0.15, -0.1) is 0 Å². The Balaban J connectivity index is 1.12. The molecule has 3 heteroatoms. The van der Waals surface area contributed by atoms with E-state index in [0.29, 0.717) is 11.8 Å². The molecular formula is C23H30N2O. The minimum absolute atomic E-state index is 0.251. The summed E-state index contributed by atoms with van der Waals surface area (Å²) < 4.78 is 0. The van der Waals surface area contributed by atoms with Crippen molar-refractivity contribution in [3.05, 3.63) is 36.0 Å². The van der Waals surface area contributed by atoms with E-state index in [1.54, 1.807) is 0 Å². The lowest BCUT2D eigenvalue weighted by Crippen LogP contribution is -2.51. The SMILES string of the molecule is O=C(CCCc1c[nH]c2ccccc12)NCC12CC3CC(CC(C3)C1)C2. The van der Waals surface area contributed by atoms with Gasteiger partial charge in [0.15, 0.2) is 0 Å². The predicted octanol–water partition coefficient (Wildman–Crippen LogP) is 4.82. The van der Waals surface area contributed by atoms with Gasteiger partial charge in [0.25, 0.3) is 0 Å². The first-order chi connectivity index (χ1) is 12.7. The number of para-hydroxylation sites is 1. The second-order valence-corrected chi connectivity index (χ2v) is 9.41. The quantitative estimate of drug-likeness (QED) is 0.770. The summed E-state index contributed by atoms with van der Waals surface area (Å²) in [5.74, 6) is 3.13. The summed E-state index contributed by atoms with van der Waals surface area (Å²) in [7, 11) is 0. The third kappa shape index (κ3) is 3.06. The number of rotatable bonds is 6. The normalized spacial score (nSPS) is 32.2. The van der Waals surface area contributed by atoms with E-state index in [4.69, 9.17) is 0 Å². The molecule has 26 heavy (non-hydrogen) atoms. The zero-order valence-electron chi connectivity index (χ0n) is 15.6. The largest absolute Gasteiger partial charge is 0.361 e. The molecule has 2 aromatic rings. The molecule has 0 aliphatic heterocycles. The van der Waals surface area contributed by atoms with E-state index < -0.39 is 0 Å². The number of aromatic amines is 1. The molecule has 3 nitrogen and oxygen atoms in total. The number of hydrogen-bond acceptors (Lipinski definition) is 1. The molecule has 4 bridgehead atoms. The van der Waals surface area contributed by atoms with Gasteiger partial charge < -0.3 is 10.3 Å². The Bertz CT molecular complexity index is 770. The topological polar surface area (TPSA) is 44.9 Å². The molecule has 0 radical (unpaired) electrons. The Morgan fingerprint density at radius 2 is 1.77 bits per heavy atom. The van der Waals surface area contributed by atoms with Crippen LogP contribution in [0.15, 0.2) is 30.5 Å². The van der Waals surface area contributed by atoms with Crippen molar-refractivity contribution in [2.75, 3.05) is 6.54 Å². The molecule has 0 unspecified atom stereocenters. The Kier molecular flexibility index (Phi) is 4.06. The van der Waals surface area contributed by atoms with Crippen molar-refractivity contribution < 1.29 is 4.79 Å². The maximum atomic E-state index is 12.4. The molecule has 4 aliphatic rings. The van der Waals surface area contributed by atoms with Gasteiger partial charge >= 0.3 is 0 Å². The van der Waals surface area contributed by atoms with Crippen LogP contribution in [0.2, 0.25) is 0 Å². The molecule has 1 heterocycles. The smallest absolute Gasteiger partial charge is 0.220 e. The average Bonchev–Trinajstić information content (AvgIpc) is 3.02. The van der Waals surface area contributed by atoms with E-state index in [2.05, 4.69) is 40.8 Å². The maximum Gasteiger partial charge on any atom is 0.220 e. The lowest BCUT2D eigenvalue weighted by atomic mass is 9.49. The second kappa shape index (κ2) is 6.44. The highest BCUT2D eigenvalue weighted by atomic mass is 16.1. The number of hydrogen-bond donors (Lipinski definition) is 2. The summed E-state index contributed by atoms with van der Waals surface area (Å²) in [5, 5.41) is 4.60. The maximum absolute atomic E-state index is 12.4. The molecule has 6 rings (SSSR count). The number of benzene rings is 1. The Hall–Kier alpha value is -1.77.